The summed E-state index contributed by atoms with van der Waals surface area (Å²) in [5, 5.41) is 22.7. The van der Waals surface area contributed by atoms with Crippen LogP contribution in [0.15, 0.2) is 24.3 Å². The molecule has 1 amide bonds. The molecular weight excluding hydrogens is 458 g/mol. The molecule has 0 aromatic rings. The van der Waals surface area contributed by atoms with Crippen LogP contribution in [0.3, 0.4) is 0 Å². The predicted molar refractivity (Wildman–Crippen MR) is 161 cm³/mol. The van der Waals surface area contributed by atoms with Crippen LogP contribution in [0, 0.1) is 0 Å². The van der Waals surface area contributed by atoms with Gasteiger partial charge in [0.25, 0.3) is 0 Å². The van der Waals surface area contributed by atoms with Crippen LogP contribution >= 0.6 is 0 Å². The third kappa shape index (κ3) is 26.3. The number of nitrogens with one attached hydrogen (secondary N) is 1. The van der Waals surface area contributed by atoms with Gasteiger partial charge in [0.05, 0.1) is 18.8 Å². The molecule has 0 spiro atoms. The highest BCUT2D eigenvalue weighted by molar-refractivity contribution is 5.76. The Morgan fingerprint density at radius 2 is 1.03 bits per heavy atom. The number of unbranched alkanes of at least 4 members (excludes halogenated alkanes) is 19. The second-order valence-corrected chi connectivity index (χ2v) is 10.9. The topological polar surface area (TPSA) is 69.6 Å². The Labute approximate surface area is 230 Å². The summed E-state index contributed by atoms with van der Waals surface area (Å²) in [5.41, 5.74) is 0. The second-order valence-electron chi connectivity index (χ2n) is 10.9. The fourth-order valence-electron chi connectivity index (χ4n) is 4.64. The summed E-state index contributed by atoms with van der Waals surface area (Å²) in [6, 6.07) is -0.620. The molecule has 0 fully saturated rings. The van der Waals surface area contributed by atoms with Gasteiger partial charge < -0.3 is 15.5 Å². The molecule has 0 rings (SSSR count). The Bertz CT molecular complexity index is 532. The number of carbonyl (C=O) groups excluding carboxylic acids is 1. The van der Waals surface area contributed by atoms with Gasteiger partial charge in [-0.1, -0.05) is 134 Å². The number of hydrogen-bond donors (Lipinski definition) is 3. The Morgan fingerprint density at radius 3 is 1.49 bits per heavy atom. The molecule has 0 saturated heterocycles. The van der Waals surface area contributed by atoms with Crippen molar-refractivity contribution >= 4 is 5.91 Å². The van der Waals surface area contributed by atoms with E-state index in [9.17, 15) is 15.0 Å². The Kier molecular flexibility index (Phi) is 28.5. The van der Waals surface area contributed by atoms with Crippen molar-refractivity contribution in [3.63, 3.8) is 0 Å². The molecule has 3 N–H and O–H groups in total. The zero-order valence-electron chi connectivity index (χ0n) is 24.7. The van der Waals surface area contributed by atoms with Crippen molar-refractivity contribution in [1.29, 1.82) is 0 Å². The Morgan fingerprint density at radius 1 is 0.622 bits per heavy atom. The number of allylic oxidation sites excluding steroid dienone is 3. The van der Waals surface area contributed by atoms with Crippen molar-refractivity contribution in [2.45, 2.75) is 174 Å². The van der Waals surface area contributed by atoms with E-state index in [-0.39, 0.29) is 12.5 Å². The molecule has 0 saturated carbocycles. The van der Waals surface area contributed by atoms with E-state index >= 15 is 0 Å². The van der Waals surface area contributed by atoms with Crippen LogP contribution < -0.4 is 5.32 Å². The van der Waals surface area contributed by atoms with Crippen LogP contribution in [0.2, 0.25) is 0 Å². The van der Waals surface area contributed by atoms with E-state index in [1.165, 1.54) is 103 Å². The van der Waals surface area contributed by atoms with Crippen LogP contribution in [-0.4, -0.2) is 34.9 Å². The van der Waals surface area contributed by atoms with Crippen LogP contribution in [-0.2, 0) is 4.79 Å². The average Bonchev–Trinajstić information content (AvgIpc) is 2.90. The van der Waals surface area contributed by atoms with Gasteiger partial charge in [-0.3, -0.25) is 4.79 Å². The number of carbonyl (C=O) groups is 1. The van der Waals surface area contributed by atoms with Gasteiger partial charge in [-0.15, -0.1) is 0 Å². The molecule has 4 heteroatoms. The number of aliphatic hydroxyl groups is 2. The van der Waals surface area contributed by atoms with Crippen molar-refractivity contribution in [2.75, 3.05) is 6.61 Å². The van der Waals surface area contributed by atoms with Crippen LogP contribution in [0.1, 0.15) is 162 Å². The minimum atomic E-state index is -0.836. The third-order valence-electron chi connectivity index (χ3n) is 7.18. The summed E-state index contributed by atoms with van der Waals surface area (Å²) in [4.78, 5) is 12.2. The van der Waals surface area contributed by atoms with E-state index in [1.807, 2.05) is 6.08 Å². The summed E-state index contributed by atoms with van der Waals surface area (Å²) in [7, 11) is 0. The lowest BCUT2D eigenvalue weighted by atomic mass is 10.1. The van der Waals surface area contributed by atoms with Crippen molar-refractivity contribution < 1.29 is 15.0 Å². The molecule has 0 aliphatic rings. The van der Waals surface area contributed by atoms with Gasteiger partial charge in [0.2, 0.25) is 5.91 Å². The van der Waals surface area contributed by atoms with E-state index in [0.29, 0.717) is 6.42 Å². The largest absolute Gasteiger partial charge is 0.394 e. The molecule has 0 aromatic heterocycles. The highest BCUT2D eigenvalue weighted by Gasteiger charge is 2.17. The van der Waals surface area contributed by atoms with Crippen LogP contribution in [0.25, 0.3) is 0 Å². The van der Waals surface area contributed by atoms with Gasteiger partial charge in [0, 0.05) is 6.42 Å². The van der Waals surface area contributed by atoms with Gasteiger partial charge in [0.15, 0.2) is 0 Å². The first-order chi connectivity index (χ1) is 18.2. The van der Waals surface area contributed by atoms with Crippen molar-refractivity contribution in [1.82, 2.24) is 5.32 Å². The summed E-state index contributed by atoms with van der Waals surface area (Å²) in [6.07, 6.45) is 35.3. The van der Waals surface area contributed by atoms with Gasteiger partial charge in [-0.25, -0.2) is 0 Å². The molecule has 0 aromatic carbocycles. The first kappa shape index (κ1) is 35.9. The average molecular weight is 522 g/mol. The smallest absolute Gasteiger partial charge is 0.220 e. The number of amides is 1. The maximum atomic E-state index is 12.2. The van der Waals surface area contributed by atoms with Gasteiger partial charge >= 0.3 is 0 Å². The van der Waals surface area contributed by atoms with Gasteiger partial charge in [-0.2, -0.15) is 0 Å². The SMILES string of the molecule is CCCCCCC/C=C\CCCCCCCC(=O)NC(CO)C(O)/C=C/CCCCCCCCCCC. The third-order valence-corrected chi connectivity index (χ3v) is 7.18. The normalized spacial score (nSPS) is 13.5. The lowest BCUT2D eigenvalue weighted by molar-refractivity contribution is -0.123. The first-order valence-corrected chi connectivity index (χ1v) is 16.1. The fraction of sp³-hybridized carbons (Fsp3) is 0.848. The molecule has 4 nitrogen and oxygen atoms in total. The van der Waals surface area contributed by atoms with E-state index in [1.54, 1.807) is 6.08 Å². The minimum absolute atomic E-state index is 0.0766. The first-order valence-electron chi connectivity index (χ1n) is 16.1. The number of hydrogen-bond acceptors (Lipinski definition) is 3. The Hall–Kier alpha value is -1.13. The second kappa shape index (κ2) is 29.4. The van der Waals surface area contributed by atoms with E-state index < -0.39 is 12.1 Å². The van der Waals surface area contributed by atoms with E-state index in [0.717, 1.165) is 38.5 Å². The lowest BCUT2D eigenvalue weighted by Gasteiger charge is -2.20. The quantitative estimate of drug-likeness (QED) is 0.0711. The zero-order chi connectivity index (χ0) is 27.2. The molecule has 0 aliphatic carbocycles. The predicted octanol–water partition coefficient (Wildman–Crippen LogP) is 8.95. The number of rotatable bonds is 28. The zero-order valence-corrected chi connectivity index (χ0v) is 24.7. The van der Waals surface area contributed by atoms with E-state index in [2.05, 4.69) is 31.3 Å². The van der Waals surface area contributed by atoms with Crippen LogP contribution in [0.5, 0.6) is 0 Å². The molecule has 218 valence electrons. The van der Waals surface area contributed by atoms with E-state index in [4.69, 9.17) is 0 Å². The molecule has 0 radical (unpaired) electrons. The molecule has 2 unspecified atom stereocenters. The monoisotopic (exact) mass is 521 g/mol. The molecular formula is C33H63NO3. The summed E-state index contributed by atoms with van der Waals surface area (Å²) < 4.78 is 0. The Balaban J connectivity index is 3.68. The maximum absolute atomic E-state index is 12.2. The van der Waals surface area contributed by atoms with Crippen molar-refractivity contribution in [3.8, 4) is 0 Å². The summed E-state index contributed by atoms with van der Waals surface area (Å²) >= 11 is 0. The highest BCUT2D eigenvalue weighted by Crippen LogP contribution is 2.12. The van der Waals surface area contributed by atoms with Gasteiger partial charge in [0.1, 0.15) is 0 Å². The molecule has 2 atom stereocenters. The van der Waals surface area contributed by atoms with Crippen molar-refractivity contribution in [2.24, 2.45) is 0 Å². The number of aliphatic hydroxyl groups excluding tert-OH is 2. The van der Waals surface area contributed by atoms with Crippen LogP contribution in [0.4, 0.5) is 0 Å². The lowest BCUT2D eigenvalue weighted by Crippen LogP contribution is -2.45. The molecule has 0 bridgehead atoms. The van der Waals surface area contributed by atoms with Crippen molar-refractivity contribution in [3.05, 3.63) is 24.3 Å². The van der Waals surface area contributed by atoms with Gasteiger partial charge in [-0.05, 0) is 44.9 Å². The summed E-state index contributed by atoms with van der Waals surface area (Å²) in [5.74, 6) is -0.0766. The fourth-order valence-corrected chi connectivity index (χ4v) is 4.64. The molecule has 0 aliphatic heterocycles. The maximum Gasteiger partial charge on any atom is 0.220 e. The minimum Gasteiger partial charge on any atom is -0.394 e. The molecule has 0 heterocycles. The standard InChI is InChI=1S/C33H63NO3/c1-3-5-7-9-11-13-15-16-17-19-21-23-25-27-29-33(37)34-31(30-35)32(36)28-26-24-22-20-18-14-12-10-8-6-4-2/h15-16,26,28,31-32,35-36H,3-14,17-25,27,29-30H2,1-2H3,(H,34,37)/b16-15-,28-26+. The highest BCUT2D eigenvalue weighted by atomic mass is 16.3. The molecule has 37 heavy (non-hydrogen) atoms. The summed E-state index contributed by atoms with van der Waals surface area (Å²) in [6.45, 7) is 4.26.